The van der Waals surface area contributed by atoms with E-state index in [-0.39, 0.29) is 0 Å². The number of hydrogen-bond acceptors (Lipinski definition) is 3. The van der Waals surface area contributed by atoms with Gasteiger partial charge in [0, 0.05) is 19.6 Å². The monoisotopic (exact) mass is 239 g/mol. The molecule has 1 unspecified atom stereocenters. The summed E-state index contributed by atoms with van der Waals surface area (Å²) in [5.41, 5.74) is 0. The van der Waals surface area contributed by atoms with Crippen molar-refractivity contribution >= 4 is 0 Å². The molecule has 3 heteroatoms. The largest absolute Gasteiger partial charge is 0.315 e. The molecule has 2 aliphatic rings. The van der Waals surface area contributed by atoms with Gasteiger partial charge in [0.15, 0.2) is 0 Å². The van der Waals surface area contributed by atoms with Crippen molar-refractivity contribution in [3.63, 3.8) is 0 Å². The Morgan fingerprint density at radius 2 is 1.53 bits per heavy atom. The molecule has 2 saturated heterocycles. The van der Waals surface area contributed by atoms with Gasteiger partial charge in [0.05, 0.1) is 0 Å². The second-order valence-corrected chi connectivity index (χ2v) is 5.87. The summed E-state index contributed by atoms with van der Waals surface area (Å²) in [7, 11) is 0. The van der Waals surface area contributed by atoms with E-state index in [2.05, 4.69) is 22.0 Å². The van der Waals surface area contributed by atoms with Gasteiger partial charge in [0.1, 0.15) is 0 Å². The highest BCUT2D eigenvalue weighted by atomic mass is 15.2. The standard InChI is InChI=1S/C14H29N3/c1-14(13-17-9-4-5-10-17)12-15-6-11-16-7-2-3-8-16/h14-15H,2-13H2,1H3. The van der Waals surface area contributed by atoms with Crippen molar-refractivity contribution in [2.45, 2.75) is 32.6 Å². The Morgan fingerprint density at radius 3 is 2.18 bits per heavy atom. The fraction of sp³-hybridized carbons (Fsp3) is 1.00. The number of hydrogen-bond donors (Lipinski definition) is 1. The minimum atomic E-state index is 0.798. The first kappa shape index (κ1) is 13.3. The first-order chi connectivity index (χ1) is 8.34. The van der Waals surface area contributed by atoms with Gasteiger partial charge in [-0.05, 0) is 64.3 Å². The van der Waals surface area contributed by atoms with E-state index in [1.165, 1.54) is 78.0 Å². The second kappa shape index (κ2) is 7.34. The Labute approximate surface area is 107 Å². The Kier molecular flexibility index (Phi) is 5.75. The molecule has 2 rings (SSSR count). The predicted molar refractivity (Wildman–Crippen MR) is 73.4 cm³/mol. The predicted octanol–water partition coefficient (Wildman–Crippen LogP) is 1.40. The van der Waals surface area contributed by atoms with Crippen LogP contribution in [-0.4, -0.2) is 62.2 Å². The molecule has 0 amide bonds. The molecule has 0 spiro atoms. The molecule has 0 radical (unpaired) electrons. The van der Waals surface area contributed by atoms with Crippen LogP contribution in [0, 0.1) is 5.92 Å². The number of nitrogens with one attached hydrogen (secondary N) is 1. The quantitative estimate of drug-likeness (QED) is 0.678. The maximum atomic E-state index is 3.62. The number of nitrogens with zero attached hydrogens (tertiary/aromatic N) is 2. The lowest BCUT2D eigenvalue weighted by Gasteiger charge is -2.21. The van der Waals surface area contributed by atoms with Crippen LogP contribution in [0.15, 0.2) is 0 Å². The van der Waals surface area contributed by atoms with Crippen molar-refractivity contribution in [3.8, 4) is 0 Å². The highest BCUT2D eigenvalue weighted by Gasteiger charge is 2.14. The van der Waals surface area contributed by atoms with Crippen molar-refractivity contribution < 1.29 is 0 Å². The fourth-order valence-electron chi connectivity index (χ4n) is 3.06. The normalized spacial score (nSPS) is 24.5. The fourth-order valence-corrected chi connectivity index (χ4v) is 3.06. The molecule has 0 aromatic carbocycles. The maximum Gasteiger partial charge on any atom is 0.0107 e. The molecule has 100 valence electrons. The SMILES string of the molecule is CC(CNCCN1CCCC1)CN1CCCC1. The van der Waals surface area contributed by atoms with E-state index in [4.69, 9.17) is 0 Å². The lowest BCUT2D eigenvalue weighted by Crippen LogP contribution is -2.35. The third-order valence-corrected chi connectivity index (χ3v) is 4.06. The Bertz CT molecular complexity index is 196. The van der Waals surface area contributed by atoms with Crippen LogP contribution < -0.4 is 5.32 Å². The molecule has 2 aliphatic heterocycles. The summed E-state index contributed by atoms with van der Waals surface area (Å²) in [6.45, 7) is 12.6. The third-order valence-electron chi connectivity index (χ3n) is 4.06. The van der Waals surface area contributed by atoms with Crippen LogP contribution >= 0.6 is 0 Å². The van der Waals surface area contributed by atoms with Crippen LogP contribution in [-0.2, 0) is 0 Å². The van der Waals surface area contributed by atoms with Crippen molar-refractivity contribution in [3.05, 3.63) is 0 Å². The zero-order valence-corrected chi connectivity index (χ0v) is 11.5. The van der Waals surface area contributed by atoms with Crippen LogP contribution in [0.1, 0.15) is 32.6 Å². The lowest BCUT2D eigenvalue weighted by molar-refractivity contribution is 0.277. The highest BCUT2D eigenvalue weighted by Crippen LogP contribution is 2.09. The maximum absolute atomic E-state index is 3.62. The van der Waals surface area contributed by atoms with Gasteiger partial charge in [-0.1, -0.05) is 6.92 Å². The molecular weight excluding hydrogens is 210 g/mol. The van der Waals surface area contributed by atoms with Gasteiger partial charge in [0.25, 0.3) is 0 Å². The van der Waals surface area contributed by atoms with E-state index in [1.54, 1.807) is 0 Å². The second-order valence-electron chi connectivity index (χ2n) is 5.87. The zero-order chi connectivity index (χ0) is 11.9. The molecule has 1 N–H and O–H groups in total. The summed E-state index contributed by atoms with van der Waals surface area (Å²) in [5.74, 6) is 0.798. The van der Waals surface area contributed by atoms with E-state index in [9.17, 15) is 0 Å². The summed E-state index contributed by atoms with van der Waals surface area (Å²) in [6, 6.07) is 0. The van der Waals surface area contributed by atoms with Crippen molar-refractivity contribution in [1.29, 1.82) is 0 Å². The minimum absolute atomic E-state index is 0.798. The molecular formula is C14H29N3. The van der Waals surface area contributed by atoms with Crippen LogP contribution in [0.3, 0.4) is 0 Å². The van der Waals surface area contributed by atoms with Crippen LogP contribution in [0.25, 0.3) is 0 Å². The van der Waals surface area contributed by atoms with E-state index < -0.39 is 0 Å². The van der Waals surface area contributed by atoms with Gasteiger partial charge in [0.2, 0.25) is 0 Å². The molecule has 0 aromatic heterocycles. The molecule has 0 saturated carbocycles. The van der Waals surface area contributed by atoms with E-state index in [0.717, 1.165) is 5.92 Å². The number of likely N-dealkylation sites (tertiary alicyclic amines) is 2. The average Bonchev–Trinajstić information content (AvgIpc) is 2.96. The lowest BCUT2D eigenvalue weighted by atomic mass is 10.1. The van der Waals surface area contributed by atoms with Crippen molar-refractivity contribution in [2.24, 2.45) is 5.92 Å². The van der Waals surface area contributed by atoms with Crippen LogP contribution in [0.4, 0.5) is 0 Å². The van der Waals surface area contributed by atoms with Gasteiger partial charge in [-0.25, -0.2) is 0 Å². The van der Waals surface area contributed by atoms with E-state index in [0.29, 0.717) is 0 Å². The van der Waals surface area contributed by atoms with Crippen molar-refractivity contribution in [2.75, 3.05) is 52.4 Å². The van der Waals surface area contributed by atoms with Crippen LogP contribution in [0.2, 0.25) is 0 Å². The van der Waals surface area contributed by atoms with Gasteiger partial charge in [-0.2, -0.15) is 0 Å². The molecule has 17 heavy (non-hydrogen) atoms. The summed E-state index contributed by atoms with van der Waals surface area (Å²) >= 11 is 0. The summed E-state index contributed by atoms with van der Waals surface area (Å²) in [5, 5.41) is 3.62. The molecule has 0 bridgehead atoms. The van der Waals surface area contributed by atoms with Crippen LogP contribution in [0.5, 0.6) is 0 Å². The van der Waals surface area contributed by atoms with Crippen molar-refractivity contribution in [1.82, 2.24) is 15.1 Å². The summed E-state index contributed by atoms with van der Waals surface area (Å²) in [6.07, 6.45) is 5.64. The van der Waals surface area contributed by atoms with Gasteiger partial charge in [-0.3, -0.25) is 0 Å². The Balaban J connectivity index is 1.46. The van der Waals surface area contributed by atoms with E-state index >= 15 is 0 Å². The summed E-state index contributed by atoms with van der Waals surface area (Å²) in [4.78, 5) is 5.20. The molecule has 1 atom stereocenters. The third kappa shape index (κ3) is 4.94. The average molecular weight is 239 g/mol. The topological polar surface area (TPSA) is 18.5 Å². The smallest absolute Gasteiger partial charge is 0.0107 e. The Hall–Kier alpha value is -0.120. The zero-order valence-electron chi connectivity index (χ0n) is 11.5. The van der Waals surface area contributed by atoms with Gasteiger partial charge >= 0.3 is 0 Å². The van der Waals surface area contributed by atoms with Gasteiger partial charge < -0.3 is 15.1 Å². The Morgan fingerprint density at radius 1 is 0.941 bits per heavy atom. The molecule has 0 aliphatic carbocycles. The number of rotatable bonds is 7. The molecule has 2 heterocycles. The highest BCUT2D eigenvalue weighted by molar-refractivity contribution is 4.71. The minimum Gasteiger partial charge on any atom is -0.315 e. The summed E-state index contributed by atoms with van der Waals surface area (Å²) < 4.78 is 0. The first-order valence-corrected chi connectivity index (χ1v) is 7.50. The molecule has 0 aromatic rings. The first-order valence-electron chi connectivity index (χ1n) is 7.50. The molecule has 2 fully saturated rings. The molecule has 3 nitrogen and oxygen atoms in total. The van der Waals surface area contributed by atoms with E-state index in [1.807, 2.05) is 0 Å². The van der Waals surface area contributed by atoms with Gasteiger partial charge in [-0.15, -0.1) is 0 Å².